The highest BCUT2D eigenvalue weighted by Crippen LogP contribution is 2.14. The molecule has 0 heterocycles. The van der Waals surface area contributed by atoms with Crippen LogP contribution < -0.4 is 10.6 Å². The first kappa shape index (κ1) is 15.1. The molecule has 0 fully saturated rings. The summed E-state index contributed by atoms with van der Waals surface area (Å²) in [4.78, 5) is 11.4. The van der Waals surface area contributed by atoms with Crippen molar-refractivity contribution in [1.82, 2.24) is 0 Å². The van der Waals surface area contributed by atoms with Crippen LogP contribution >= 0.6 is 0 Å². The number of amides is 1. The summed E-state index contributed by atoms with van der Waals surface area (Å²) in [7, 11) is 1.50. The first-order valence-electron chi connectivity index (χ1n) is 6.85. The molecule has 0 spiro atoms. The molecule has 4 heteroatoms. The normalized spacial score (nSPS) is 10.2. The zero-order valence-electron chi connectivity index (χ0n) is 12.3. The molecule has 1 amide bonds. The Bertz CT molecular complexity index is 577. The fourth-order valence-corrected chi connectivity index (χ4v) is 1.91. The third kappa shape index (κ3) is 4.93. The van der Waals surface area contributed by atoms with Crippen LogP contribution in [0.5, 0.6) is 0 Å². The number of ether oxygens (including phenoxy) is 1. The summed E-state index contributed by atoms with van der Waals surface area (Å²) in [6, 6.07) is 16.0. The number of carbonyl (C=O) groups is 1. The average Bonchev–Trinajstić information content (AvgIpc) is 2.48. The predicted molar refractivity (Wildman–Crippen MR) is 85.5 cm³/mol. The van der Waals surface area contributed by atoms with Crippen molar-refractivity contribution in [3.05, 3.63) is 59.7 Å². The minimum absolute atomic E-state index is 0.0629. The Balaban J connectivity index is 1.87. The average molecular weight is 284 g/mol. The predicted octanol–water partition coefficient (Wildman–Crippen LogP) is 3.19. The molecular formula is C17H20N2O2. The molecule has 0 aliphatic rings. The van der Waals surface area contributed by atoms with E-state index >= 15 is 0 Å². The van der Waals surface area contributed by atoms with Crippen molar-refractivity contribution in [2.75, 3.05) is 24.4 Å². The fraction of sp³-hybridized carbons (Fsp3) is 0.235. The van der Waals surface area contributed by atoms with Gasteiger partial charge in [0.25, 0.3) is 0 Å². The Hall–Kier alpha value is -2.33. The summed E-state index contributed by atoms with van der Waals surface area (Å²) in [5.74, 6) is -0.155. The van der Waals surface area contributed by atoms with Crippen LogP contribution in [-0.4, -0.2) is 19.6 Å². The molecule has 21 heavy (non-hydrogen) atoms. The molecule has 0 aliphatic carbocycles. The number of methoxy groups -OCH3 is 1. The molecule has 110 valence electrons. The van der Waals surface area contributed by atoms with Crippen LogP contribution in [0, 0.1) is 6.92 Å². The minimum atomic E-state index is -0.155. The first-order valence-corrected chi connectivity index (χ1v) is 6.85. The molecule has 2 rings (SSSR count). The van der Waals surface area contributed by atoms with E-state index in [2.05, 4.69) is 41.8 Å². The topological polar surface area (TPSA) is 50.4 Å². The van der Waals surface area contributed by atoms with Gasteiger partial charge in [-0.15, -0.1) is 0 Å². The molecule has 2 N–H and O–H groups in total. The van der Waals surface area contributed by atoms with Crippen LogP contribution in [0.3, 0.4) is 0 Å². The SMILES string of the molecule is COCC(=O)Nc1ccc(NCc2ccc(C)cc2)cc1. The highest BCUT2D eigenvalue weighted by Gasteiger charge is 2.01. The van der Waals surface area contributed by atoms with Crippen molar-refractivity contribution >= 4 is 17.3 Å². The van der Waals surface area contributed by atoms with Crippen LogP contribution in [0.4, 0.5) is 11.4 Å². The van der Waals surface area contributed by atoms with Crippen LogP contribution in [0.25, 0.3) is 0 Å². The van der Waals surface area contributed by atoms with Gasteiger partial charge in [-0.25, -0.2) is 0 Å². The molecule has 4 nitrogen and oxygen atoms in total. The fourth-order valence-electron chi connectivity index (χ4n) is 1.91. The number of nitrogens with one attached hydrogen (secondary N) is 2. The maximum Gasteiger partial charge on any atom is 0.250 e. The monoisotopic (exact) mass is 284 g/mol. The highest BCUT2D eigenvalue weighted by molar-refractivity contribution is 5.91. The largest absolute Gasteiger partial charge is 0.381 e. The summed E-state index contributed by atoms with van der Waals surface area (Å²) in [6.45, 7) is 2.91. The molecule has 0 aromatic heterocycles. The smallest absolute Gasteiger partial charge is 0.250 e. The molecule has 0 radical (unpaired) electrons. The third-order valence-electron chi connectivity index (χ3n) is 3.06. The highest BCUT2D eigenvalue weighted by atomic mass is 16.5. The lowest BCUT2D eigenvalue weighted by Crippen LogP contribution is -2.16. The van der Waals surface area contributed by atoms with E-state index in [-0.39, 0.29) is 12.5 Å². The van der Waals surface area contributed by atoms with Crippen molar-refractivity contribution in [2.24, 2.45) is 0 Å². The number of anilines is 2. The van der Waals surface area contributed by atoms with E-state index in [9.17, 15) is 4.79 Å². The molecule has 2 aromatic carbocycles. The summed E-state index contributed by atoms with van der Waals surface area (Å²) in [6.07, 6.45) is 0. The van der Waals surface area contributed by atoms with E-state index < -0.39 is 0 Å². The number of benzene rings is 2. The maximum atomic E-state index is 11.4. The van der Waals surface area contributed by atoms with Gasteiger partial charge in [-0.05, 0) is 36.8 Å². The lowest BCUT2D eigenvalue weighted by Gasteiger charge is -2.09. The van der Waals surface area contributed by atoms with Gasteiger partial charge in [-0.1, -0.05) is 29.8 Å². The second-order valence-electron chi connectivity index (χ2n) is 4.90. The molecule has 0 atom stereocenters. The lowest BCUT2D eigenvalue weighted by atomic mass is 10.1. The number of hydrogen-bond donors (Lipinski definition) is 2. The van der Waals surface area contributed by atoms with Gasteiger partial charge in [-0.3, -0.25) is 4.79 Å². The summed E-state index contributed by atoms with van der Waals surface area (Å²) < 4.78 is 4.77. The van der Waals surface area contributed by atoms with E-state index in [1.807, 2.05) is 24.3 Å². The van der Waals surface area contributed by atoms with Gasteiger partial charge in [0.1, 0.15) is 6.61 Å². The number of hydrogen-bond acceptors (Lipinski definition) is 3. The Kier molecular flexibility index (Phi) is 5.35. The van der Waals surface area contributed by atoms with Crippen molar-refractivity contribution in [1.29, 1.82) is 0 Å². The Morgan fingerprint density at radius 1 is 1.00 bits per heavy atom. The molecule has 0 saturated heterocycles. The number of aryl methyl sites for hydroxylation is 1. The number of rotatable bonds is 6. The Morgan fingerprint density at radius 2 is 1.62 bits per heavy atom. The van der Waals surface area contributed by atoms with Crippen LogP contribution in [-0.2, 0) is 16.1 Å². The summed E-state index contributed by atoms with van der Waals surface area (Å²) in [5, 5.41) is 6.11. The second-order valence-corrected chi connectivity index (χ2v) is 4.90. The van der Waals surface area contributed by atoms with Crippen LogP contribution in [0.2, 0.25) is 0 Å². The molecule has 0 saturated carbocycles. The minimum Gasteiger partial charge on any atom is -0.381 e. The van der Waals surface area contributed by atoms with Gasteiger partial charge in [0, 0.05) is 25.0 Å². The Labute approximate surface area is 125 Å². The molecule has 0 bridgehead atoms. The molecular weight excluding hydrogens is 264 g/mol. The Morgan fingerprint density at radius 3 is 2.24 bits per heavy atom. The van der Waals surface area contributed by atoms with Crippen molar-refractivity contribution in [2.45, 2.75) is 13.5 Å². The second kappa shape index (κ2) is 7.45. The van der Waals surface area contributed by atoms with E-state index in [1.165, 1.54) is 18.2 Å². The molecule has 0 aliphatic heterocycles. The molecule has 0 unspecified atom stereocenters. The van der Waals surface area contributed by atoms with Gasteiger partial charge in [0.2, 0.25) is 5.91 Å². The van der Waals surface area contributed by atoms with Gasteiger partial charge < -0.3 is 15.4 Å². The van der Waals surface area contributed by atoms with E-state index in [0.717, 1.165) is 17.9 Å². The quantitative estimate of drug-likeness (QED) is 0.856. The lowest BCUT2D eigenvalue weighted by molar-refractivity contribution is -0.119. The first-order chi connectivity index (χ1) is 10.2. The van der Waals surface area contributed by atoms with Gasteiger partial charge in [0.15, 0.2) is 0 Å². The van der Waals surface area contributed by atoms with E-state index in [4.69, 9.17) is 4.74 Å². The van der Waals surface area contributed by atoms with Gasteiger partial charge >= 0.3 is 0 Å². The van der Waals surface area contributed by atoms with Crippen molar-refractivity contribution in [3.8, 4) is 0 Å². The van der Waals surface area contributed by atoms with Crippen molar-refractivity contribution < 1.29 is 9.53 Å². The maximum absolute atomic E-state index is 11.4. The zero-order valence-corrected chi connectivity index (χ0v) is 12.3. The van der Waals surface area contributed by atoms with Gasteiger partial charge in [0.05, 0.1) is 0 Å². The van der Waals surface area contributed by atoms with Crippen LogP contribution in [0.1, 0.15) is 11.1 Å². The zero-order chi connectivity index (χ0) is 15.1. The van der Waals surface area contributed by atoms with Crippen LogP contribution in [0.15, 0.2) is 48.5 Å². The third-order valence-corrected chi connectivity index (χ3v) is 3.06. The van der Waals surface area contributed by atoms with Gasteiger partial charge in [-0.2, -0.15) is 0 Å². The van der Waals surface area contributed by atoms with E-state index in [0.29, 0.717) is 0 Å². The summed E-state index contributed by atoms with van der Waals surface area (Å²) in [5.41, 5.74) is 4.27. The van der Waals surface area contributed by atoms with Crippen molar-refractivity contribution in [3.63, 3.8) is 0 Å². The summed E-state index contributed by atoms with van der Waals surface area (Å²) >= 11 is 0. The number of carbonyl (C=O) groups excluding carboxylic acids is 1. The standard InChI is InChI=1S/C17H20N2O2/c1-13-3-5-14(6-4-13)11-18-15-7-9-16(10-8-15)19-17(20)12-21-2/h3-10,18H,11-12H2,1-2H3,(H,19,20). The molecule has 2 aromatic rings. The van der Waals surface area contributed by atoms with E-state index in [1.54, 1.807) is 0 Å².